The van der Waals surface area contributed by atoms with Gasteiger partial charge in [-0.1, -0.05) is 0 Å². The fourth-order valence-corrected chi connectivity index (χ4v) is 2.56. The van der Waals surface area contributed by atoms with Crippen molar-refractivity contribution in [1.82, 2.24) is 0 Å². The van der Waals surface area contributed by atoms with Gasteiger partial charge in [-0.25, -0.2) is 0 Å². The first-order chi connectivity index (χ1) is 8.36. The van der Waals surface area contributed by atoms with Crippen molar-refractivity contribution in [1.29, 1.82) is 0 Å². The number of anilines is 1. The molecule has 0 atom stereocenters. The Morgan fingerprint density at radius 3 is 2.50 bits per heavy atom. The summed E-state index contributed by atoms with van der Waals surface area (Å²) in [6.45, 7) is 0.748. The molecule has 1 aromatic carbocycles. The highest BCUT2D eigenvalue weighted by molar-refractivity contribution is 9.10. The summed E-state index contributed by atoms with van der Waals surface area (Å²) in [6, 6.07) is 3.91. The van der Waals surface area contributed by atoms with Gasteiger partial charge in [0.05, 0.1) is 5.56 Å². The molecule has 1 fully saturated rings. The molecule has 0 radical (unpaired) electrons. The van der Waals surface area contributed by atoms with Crippen molar-refractivity contribution < 1.29 is 13.2 Å². The van der Waals surface area contributed by atoms with Gasteiger partial charge in [0.15, 0.2) is 0 Å². The topological polar surface area (TPSA) is 38.0 Å². The van der Waals surface area contributed by atoms with Crippen LogP contribution in [0.25, 0.3) is 0 Å². The van der Waals surface area contributed by atoms with E-state index < -0.39 is 11.7 Å². The largest absolute Gasteiger partial charge is 0.416 e. The zero-order valence-electron chi connectivity index (χ0n) is 9.60. The van der Waals surface area contributed by atoms with Crippen LogP contribution in [0.1, 0.15) is 18.4 Å². The van der Waals surface area contributed by atoms with E-state index in [0.29, 0.717) is 16.1 Å². The summed E-state index contributed by atoms with van der Waals surface area (Å²) in [7, 11) is 0. The zero-order valence-corrected chi connectivity index (χ0v) is 11.2. The van der Waals surface area contributed by atoms with Crippen molar-refractivity contribution >= 4 is 21.6 Å². The first-order valence-corrected chi connectivity index (χ1v) is 6.52. The molecule has 2 rings (SSSR count). The summed E-state index contributed by atoms with van der Waals surface area (Å²) in [6.07, 6.45) is -2.35. The van der Waals surface area contributed by atoms with E-state index in [-0.39, 0.29) is 6.04 Å². The van der Waals surface area contributed by atoms with E-state index >= 15 is 0 Å². The van der Waals surface area contributed by atoms with Crippen molar-refractivity contribution in [3.63, 3.8) is 0 Å². The Hall–Kier alpha value is -0.750. The predicted octanol–water partition coefficient (Wildman–Crippen LogP) is 3.62. The van der Waals surface area contributed by atoms with E-state index in [1.54, 1.807) is 0 Å². The minimum absolute atomic E-state index is 0.285. The summed E-state index contributed by atoms with van der Waals surface area (Å²) in [5, 5.41) is 3.14. The van der Waals surface area contributed by atoms with Crippen LogP contribution in [0.15, 0.2) is 22.7 Å². The van der Waals surface area contributed by atoms with Gasteiger partial charge >= 0.3 is 6.18 Å². The molecule has 0 heterocycles. The average Bonchev–Trinajstić information content (AvgIpc) is 2.22. The van der Waals surface area contributed by atoms with Crippen molar-refractivity contribution in [2.45, 2.75) is 25.1 Å². The maximum atomic E-state index is 12.5. The van der Waals surface area contributed by atoms with Crippen molar-refractivity contribution in [3.05, 3.63) is 28.2 Å². The monoisotopic (exact) mass is 322 g/mol. The zero-order chi connectivity index (χ0) is 13.3. The Balaban J connectivity index is 1.97. The van der Waals surface area contributed by atoms with E-state index in [1.807, 2.05) is 0 Å². The van der Waals surface area contributed by atoms with Gasteiger partial charge in [0.25, 0.3) is 0 Å². The van der Waals surface area contributed by atoms with Gasteiger partial charge in [-0.15, -0.1) is 0 Å². The van der Waals surface area contributed by atoms with Crippen LogP contribution in [0.2, 0.25) is 0 Å². The fourth-order valence-electron chi connectivity index (χ4n) is 2.04. The Kier molecular flexibility index (Phi) is 3.87. The maximum absolute atomic E-state index is 12.5. The van der Waals surface area contributed by atoms with Gasteiger partial charge in [-0.05, 0) is 52.9 Å². The van der Waals surface area contributed by atoms with E-state index in [1.165, 1.54) is 6.07 Å². The molecule has 0 unspecified atom stereocenters. The lowest BCUT2D eigenvalue weighted by Crippen LogP contribution is -2.39. The third-order valence-corrected chi connectivity index (χ3v) is 3.81. The smallest absolute Gasteiger partial charge is 0.384 e. The molecule has 1 aromatic rings. The molecule has 0 amide bonds. The molecule has 3 N–H and O–H groups in total. The van der Waals surface area contributed by atoms with Crippen molar-refractivity contribution in [2.75, 3.05) is 11.9 Å². The lowest BCUT2D eigenvalue weighted by molar-refractivity contribution is -0.137. The van der Waals surface area contributed by atoms with Crippen LogP contribution in [0.3, 0.4) is 0 Å². The number of alkyl halides is 3. The second kappa shape index (κ2) is 5.09. The minimum Gasteiger partial charge on any atom is -0.384 e. The first-order valence-electron chi connectivity index (χ1n) is 5.72. The molecule has 2 nitrogen and oxygen atoms in total. The van der Waals surface area contributed by atoms with Gasteiger partial charge in [0.1, 0.15) is 0 Å². The lowest BCUT2D eigenvalue weighted by Gasteiger charge is -2.32. The summed E-state index contributed by atoms with van der Waals surface area (Å²) >= 11 is 3.15. The molecule has 0 saturated heterocycles. The van der Waals surface area contributed by atoms with Crippen LogP contribution in [-0.4, -0.2) is 12.6 Å². The Morgan fingerprint density at radius 2 is 2.00 bits per heavy atom. The Labute approximate surface area is 112 Å². The number of rotatable bonds is 3. The molecule has 0 aliphatic heterocycles. The van der Waals surface area contributed by atoms with Crippen molar-refractivity contribution in [3.8, 4) is 0 Å². The molecule has 18 heavy (non-hydrogen) atoms. The fraction of sp³-hybridized carbons (Fsp3) is 0.500. The quantitative estimate of drug-likeness (QED) is 0.892. The van der Waals surface area contributed by atoms with Crippen molar-refractivity contribution in [2.24, 2.45) is 11.7 Å². The molecule has 1 saturated carbocycles. The molecule has 100 valence electrons. The van der Waals surface area contributed by atoms with Crippen LogP contribution in [0.4, 0.5) is 18.9 Å². The summed E-state index contributed by atoms with van der Waals surface area (Å²) in [5.41, 5.74) is 5.71. The third kappa shape index (κ3) is 3.17. The molecule has 1 aliphatic rings. The van der Waals surface area contributed by atoms with Crippen LogP contribution >= 0.6 is 15.9 Å². The highest BCUT2D eigenvalue weighted by Gasteiger charge is 2.31. The SMILES string of the molecule is NC1CC(CNc2ccc(C(F)(F)F)cc2Br)C1. The number of halogens is 4. The van der Waals surface area contributed by atoms with Crippen LogP contribution in [0.5, 0.6) is 0 Å². The van der Waals surface area contributed by atoms with Gasteiger partial charge in [0, 0.05) is 22.7 Å². The summed E-state index contributed by atoms with van der Waals surface area (Å²) in [5.74, 6) is 0.522. The van der Waals surface area contributed by atoms with Crippen LogP contribution < -0.4 is 11.1 Å². The molecule has 0 spiro atoms. The predicted molar refractivity (Wildman–Crippen MR) is 68.3 cm³/mol. The standard InChI is InChI=1S/C12H14BrF3N2/c13-10-5-8(12(14,15)16)1-2-11(10)18-6-7-3-9(17)4-7/h1-2,5,7,9,18H,3-4,6,17H2. The summed E-state index contributed by atoms with van der Waals surface area (Å²) in [4.78, 5) is 0. The van der Waals surface area contributed by atoms with Gasteiger partial charge in [0.2, 0.25) is 0 Å². The Bertz CT molecular complexity index is 428. The number of nitrogens with one attached hydrogen (secondary N) is 1. The molecular formula is C12H14BrF3N2. The number of nitrogens with two attached hydrogens (primary N) is 1. The Morgan fingerprint density at radius 1 is 1.33 bits per heavy atom. The molecule has 6 heteroatoms. The molecule has 0 bridgehead atoms. The van der Waals surface area contributed by atoms with E-state index in [0.717, 1.165) is 31.5 Å². The van der Waals surface area contributed by atoms with E-state index in [4.69, 9.17) is 5.73 Å². The highest BCUT2D eigenvalue weighted by atomic mass is 79.9. The average molecular weight is 323 g/mol. The van der Waals surface area contributed by atoms with Gasteiger partial charge in [-0.3, -0.25) is 0 Å². The van der Waals surface area contributed by atoms with Crippen LogP contribution in [0, 0.1) is 5.92 Å². The first kappa shape index (κ1) is 13.7. The van der Waals surface area contributed by atoms with E-state index in [9.17, 15) is 13.2 Å². The second-order valence-electron chi connectivity index (χ2n) is 4.67. The maximum Gasteiger partial charge on any atom is 0.416 e. The number of hydrogen-bond donors (Lipinski definition) is 2. The molecule has 1 aliphatic carbocycles. The van der Waals surface area contributed by atoms with Gasteiger partial charge in [-0.2, -0.15) is 13.2 Å². The molecular weight excluding hydrogens is 309 g/mol. The lowest BCUT2D eigenvalue weighted by atomic mass is 9.81. The minimum atomic E-state index is -4.30. The van der Waals surface area contributed by atoms with Gasteiger partial charge < -0.3 is 11.1 Å². The third-order valence-electron chi connectivity index (χ3n) is 3.15. The van der Waals surface area contributed by atoms with Crippen LogP contribution in [-0.2, 0) is 6.18 Å². The molecule has 0 aromatic heterocycles. The van der Waals surface area contributed by atoms with E-state index in [2.05, 4.69) is 21.2 Å². The number of benzene rings is 1. The second-order valence-corrected chi connectivity index (χ2v) is 5.53. The normalized spacial score (nSPS) is 23.6. The highest BCUT2D eigenvalue weighted by Crippen LogP contribution is 2.34. The summed E-state index contributed by atoms with van der Waals surface area (Å²) < 4.78 is 37.8. The number of hydrogen-bond acceptors (Lipinski definition) is 2.